The Labute approximate surface area is 388 Å². The largest absolute Gasteiger partial charge is 0.495 e. The van der Waals surface area contributed by atoms with Crippen molar-refractivity contribution in [3.8, 4) is 45.3 Å². The van der Waals surface area contributed by atoms with Gasteiger partial charge in [0, 0.05) is 11.4 Å². The van der Waals surface area contributed by atoms with Crippen LogP contribution in [0.3, 0.4) is 0 Å². The second-order valence-electron chi connectivity index (χ2n) is 14.5. The van der Waals surface area contributed by atoms with Gasteiger partial charge >= 0.3 is 18.1 Å². The van der Waals surface area contributed by atoms with E-state index in [-0.39, 0.29) is 0 Å². The Balaban J connectivity index is 0.856. The number of para-hydroxylation sites is 2. The zero-order valence-corrected chi connectivity index (χ0v) is 38.3. The van der Waals surface area contributed by atoms with Gasteiger partial charge in [-0.3, -0.25) is 16.0 Å². The molecule has 16 nitrogen and oxygen atoms in total. The second-order valence-corrected chi connectivity index (χ2v) is 17.6. The molecule has 332 valence electrons. The van der Waals surface area contributed by atoms with Crippen LogP contribution in [0.1, 0.15) is 5.56 Å². The van der Waals surface area contributed by atoms with Gasteiger partial charge < -0.3 is 34.9 Å². The summed E-state index contributed by atoms with van der Waals surface area (Å²) in [5, 5.41) is 18.3. The lowest BCUT2D eigenvalue weighted by Crippen LogP contribution is -2.19. The summed E-state index contributed by atoms with van der Waals surface area (Å²) < 4.78 is 25.0. The van der Waals surface area contributed by atoms with E-state index < -0.39 is 18.1 Å². The van der Waals surface area contributed by atoms with E-state index >= 15 is 0 Å². The number of urea groups is 3. The normalized spacial score (nSPS) is 11.0. The van der Waals surface area contributed by atoms with E-state index in [2.05, 4.69) is 46.9 Å². The fourth-order valence-corrected chi connectivity index (χ4v) is 9.80. The standard InChI is InChI=1S/C47H39N9O7S3/c1-24-9-6-7-10-30(24)49-43(58)55-46-53-41-35(63-5)21-28(23-38(41)66-46)26-15-18-31(33(19-26)61-3)50-44(59)56-47-52-40-34(62-4)20-27(22-37(40)65-47)25-13-16-29(17-14-25)48-42(57)54-45-51-39-32(60-2)11-8-12-36(39)64-45/h6-23H,1-5H3,(H2,48,51,54,57)(H2,49,53,55,58)(H2,50,52,56,59). The summed E-state index contributed by atoms with van der Waals surface area (Å²) in [5.41, 5.74) is 7.90. The van der Waals surface area contributed by atoms with Crippen LogP contribution in [0.15, 0.2) is 109 Å². The predicted molar refractivity (Wildman–Crippen MR) is 265 cm³/mol. The molecule has 0 radical (unpaired) electrons. The van der Waals surface area contributed by atoms with Crippen LogP contribution in [0, 0.1) is 6.92 Å². The van der Waals surface area contributed by atoms with Crippen molar-refractivity contribution in [2.24, 2.45) is 0 Å². The van der Waals surface area contributed by atoms with Crippen molar-refractivity contribution in [1.29, 1.82) is 0 Å². The Bertz CT molecular complexity index is 3310. The van der Waals surface area contributed by atoms with Gasteiger partial charge in [0.1, 0.15) is 39.5 Å². The molecule has 6 aromatic carbocycles. The smallest absolute Gasteiger partial charge is 0.325 e. The number of carbonyl (C=O) groups is 3. The molecule has 0 spiro atoms. The van der Waals surface area contributed by atoms with Gasteiger partial charge in [0.2, 0.25) is 0 Å². The minimum Gasteiger partial charge on any atom is -0.495 e. The number of ether oxygens (including phenoxy) is 4. The summed E-state index contributed by atoms with van der Waals surface area (Å²) in [6.07, 6.45) is 0. The number of amides is 6. The molecule has 19 heteroatoms. The highest BCUT2D eigenvalue weighted by Crippen LogP contribution is 2.41. The zero-order valence-electron chi connectivity index (χ0n) is 35.8. The number of nitrogens with one attached hydrogen (secondary N) is 6. The summed E-state index contributed by atoms with van der Waals surface area (Å²) >= 11 is 3.97. The Morgan fingerprint density at radius 2 is 0.909 bits per heavy atom. The Morgan fingerprint density at radius 3 is 1.48 bits per heavy atom. The number of thiazole rings is 3. The van der Waals surface area contributed by atoms with Gasteiger partial charge in [0.05, 0.1) is 48.2 Å². The molecular weight excluding hydrogens is 899 g/mol. The van der Waals surface area contributed by atoms with E-state index in [1.165, 1.54) is 41.1 Å². The third-order valence-electron chi connectivity index (χ3n) is 10.3. The molecule has 0 unspecified atom stereocenters. The number of nitrogens with zero attached hydrogens (tertiary/aromatic N) is 3. The highest BCUT2D eigenvalue weighted by Gasteiger charge is 2.19. The van der Waals surface area contributed by atoms with E-state index in [4.69, 9.17) is 18.9 Å². The lowest BCUT2D eigenvalue weighted by atomic mass is 10.0. The van der Waals surface area contributed by atoms with Crippen molar-refractivity contribution < 1.29 is 33.3 Å². The summed E-state index contributed by atoms with van der Waals surface area (Å²) in [6.45, 7) is 1.92. The van der Waals surface area contributed by atoms with Gasteiger partial charge in [0.15, 0.2) is 15.4 Å². The van der Waals surface area contributed by atoms with Gasteiger partial charge in [-0.05, 0) is 101 Å². The van der Waals surface area contributed by atoms with E-state index in [0.29, 0.717) is 72.0 Å². The molecule has 0 bridgehead atoms. The molecule has 6 amide bonds. The maximum absolute atomic E-state index is 13.4. The summed E-state index contributed by atoms with van der Waals surface area (Å²) in [5.74, 6) is 2.12. The highest BCUT2D eigenvalue weighted by atomic mass is 32.1. The van der Waals surface area contributed by atoms with E-state index in [1.807, 2.05) is 97.9 Å². The topological polar surface area (TPSA) is 199 Å². The van der Waals surface area contributed by atoms with Crippen molar-refractivity contribution in [3.63, 3.8) is 0 Å². The first-order valence-corrected chi connectivity index (χ1v) is 22.5. The molecular formula is C47H39N9O7S3. The van der Waals surface area contributed by atoms with Crippen molar-refractivity contribution in [3.05, 3.63) is 115 Å². The number of benzene rings is 6. The van der Waals surface area contributed by atoms with Crippen molar-refractivity contribution in [1.82, 2.24) is 15.0 Å². The van der Waals surface area contributed by atoms with Crippen LogP contribution in [0.25, 0.3) is 52.9 Å². The highest BCUT2D eigenvalue weighted by molar-refractivity contribution is 7.23. The first-order valence-electron chi connectivity index (χ1n) is 20.1. The SMILES string of the molecule is COc1cc(-c2cc(OC)c3nc(NC(=O)Nc4ccccc4C)sc3c2)ccc1NC(=O)Nc1nc2c(OC)cc(-c3ccc(NC(=O)Nc4nc5c(OC)cccc5s4)cc3)cc2s1. The summed E-state index contributed by atoms with van der Waals surface area (Å²) in [4.78, 5) is 52.8. The van der Waals surface area contributed by atoms with Crippen LogP contribution in [-0.2, 0) is 0 Å². The number of hydrogen-bond acceptors (Lipinski definition) is 13. The number of aryl methyl sites for hydroxylation is 1. The van der Waals surface area contributed by atoms with Crippen LogP contribution in [0.2, 0.25) is 0 Å². The maximum atomic E-state index is 13.4. The number of methoxy groups -OCH3 is 4. The van der Waals surface area contributed by atoms with Crippen molar-refractivity contribution in [2.45, 2.75) is 6.92 Å². The van der Waals surface area contributed by atoms with E-state index in [9.17, 15) is 14.4 Å². The minimum absolute atomic E-state index is 0.358. The van der Waals surface area contributed by atoms with E-state index in [1.54, 1.807) is 39.5 Å². The molecule has 9 aromatic rings. The quantitative estimate of drug-likeness (QED) is 0.0685. The minimum atomic E-state index is -0.520. The second kappa shape index (κ2) is 18.6. The fourth-order valence-electron chi connectivity index (χ4n) is 7.08. The lowest BCUT2D eigenvalue weighted by molar-refractivity contribution is 0.261. The fraction of sp³-hybridized carbons (Fsp3) is 0.106. The number of anilines is 6. The molecule has 66 heavy (non-hydrogen) atoms. The third-order valence-corrected chi connectivity index (χ3v) is 13.0. The molecule has 0 atom stereocenters. The van der Waals surface area contributed by atoms with Gasteiger partial charge in [-0.1, -0.05) is 76.5 Å². The Hall–Kier alpha value is -8.00. The van der Waals surface area contributed by atoms with Crippen molar-refractivity contribution in [2.75, 3.05) is 60.3 Å². The van der Waals surface area contributed by atoms with Crippen LogP contribution in [0.5, 0.6) is 23.0 Å². The van der Waals surface area contributed by atoms with Gasteiger partial charge in [-0.15, -0.1) is 0 Å². The Morgan fingerprint density at radius 1 is 0.424 bits per heavy atom. The molecule has 9 rings (SSSR count). The van der Waals surface area contributed by atoms with Crippen LogP contribution < -0.4 is 50.8 Å². The lowest BCUT2D eigenvalue weighted by Gasteiger charge is -2.13. The third kappa shape index (κ3) is 9.16. The average molecular weight is 938 g/mol. The number of fused-ring (bicyclic) bond motifs is 3. The molecule has 0 aliphatic carbocycles. The molecule has 3 heterocycles. The van der Waals surface area contributed by atoms with Crippen LogP contribution >= 0.6 is 34.0 Å². The summed E-state index contributed by atoms with van der Waals surface area (Å²) in [7, 11) is 6.24. The Kier molecular flexibility index (Phi) is 12.2. The molecule has 0 aliphatic heterocycles. The molecule has 6 N–H and O–H groups in total. The molecule has 0 fully saturated rings. The predicted octanol–water partition coefficient (Wildman–Crippen LogP) is 12.1. The first kappa shape index (κ1) is 43.3. The van der Waals surface area contributed by atoms with E-state index in [0.717, 1.165) is 41.9 Å². The van der Waals surface area contributed by atoms with Gasteiger partial charge in [0.25, 0.3) is 0 Å². The molecule has 3 aromatic heterocycles. The number of hydrogen-bond donors (Lipinski definition) is 6. The zero-order chi connectivity index (χ0) is 45.9. The summed E-state index contributed by atoms with van der Waals surface area (Å²) in [6, 6.07) is 32.3. The van der Waals surface area contributed by atoms with Gasteiger partial charge in [-0.25, -0.2) is 29.3 Å². The molecule has 0 saturated carbocycles. The van der Waals surface area contributed by atoms with Crippen LogP contribution in [0.4, 0.5) is 46.8 Å². The van der Waals surface area contributed by atoms with Crippen molar-refractivity contribution >= 4 is 115 Å². The van der Waals surface area contributed by atoms with Crippen LogP contribution in [-0.4, -0.2) is 61.5 Å². The monoisotopic (exact) mass is 937 g/mol. The maximum Gasteiger partial charge on any atom is 0.325 e. The number of carbonyl (C=O) groups excluding carboxylic acids is 3. The average Bonchev–Trinajstić information content (AvgIpc) is 4.05. The first-order chi connectivity index (χ1) is 32.1. The molecule has 0 saturated heterocycles. The number of rotatable bonds is 12. The van der Waals surface area contributed by atoms with Gasteiger partial charge in [-0.2, -0.15) is 0 Å². The molecule has 0 aliphatic rings. The number of aromatic nitrogens is 3.